The van der Waals surface area contributed by atoms with Crippen LogP contribution in [0, 0.1) is 17.6 Å². The molecule has 0 saturated carbocycles. The van der Waals surface area contributed by atoms with Crippen LogP contribution in [0.1, 0.15) is 30.6 Å². The van der Waals surface area contributed by atoms with E-state index in [1.165, 1.54) is 7.11 Å². The summed E-state index contributed by atoms with van der Waals surface area (Å²) in [6, 6.07) is 0.511. The van der Waals surface area contributed by atoms with Crippen LogP contribution in [0.3, 0.4) is 0 Å². The lowest BCUT2D eigenvalue weighted by molar-refractivity contribution is -0.143. The molecule has 0 fully saturated rings. The molecule has 1 atom stereocenters. The van der Waals surface area contributed by atoms with Gasteiger partial charge in [0, 0.05) is 6.07 Å². The van der Waals surface area contributed by atoms with E-state index in [0.29, 0.717) is 12.5 Å². The summed E-state index contributed by atoms with van der Waals surface area (Å²) in [4.78, 5) is 23.6. The van der Waals surface area contributed by atoms with Gasteiger partial charge in [0.05, 0.1) is 18.4 Å². The van der Waals surface area contributed by atoms with E-state index in [-0.39, 0.29) is 11.6 Å². The second kappa shape index (κ2) is 7.01. The van der Waals surface area contributed by atoms with Crippen molar-refractivity contribution in [3.63, 3.8) is 0 Å². The van der Waals surface area contributed by atoms with Crippen LogP contribution in [0.4, 0.5) is 14.5 Å². The molecule has 21 heavy (non-hydrogen) atoms. The summed E-state index contributed by atoms with van der Waals surface area (Å²) in [5.74, 6) is -3.37. The van der Waals surface area contributed by atoms with Crippen LogP contribution in [-0.2, 0) is 9.53 Å². The minimum Gasteiger partial charge on any atom is -0.467 e. The van der Waals surface area contributed by atoms with Crippen molar-refractivity contribution < 1.29 is 23.1 Å². The van der Waals surface area contributed by atoms with Gasteiger partial charge in [-0.05, 0) is 18.4 Å². The van der Waals surface area contributed by atoms with Gasteiger partial charge < -0.3 is 15.8 Å². The number of nitrogen functional groups attached to an aromatic ring is 1. The molecular weight excluding hydrogens is 282 g/mol. The van der Waals surface area contributed by atoms with Crippen LogP contribution in [0.2, 0.25) is 0 Å². The number of rotatable bonds is 5. The topological polar surface area (TPSA) is 81.4 Å². The molecule has 1 unspecified atom stereocenters. The molecule has 1 rings (SSSR count). The van der Waals surface area contributed by atoms with Crippen molar-refractivity contribution in [1.29, 1.82) is 0 Å². The molecule has 0 aliphatic heterocycles. The van der Waals surface area contributed by atoms with Crippen molar-refractivity contribution in [3.05, 3.63) is 29.3 Å². The van der Waals surface area contributed by atoms with Crippen LogP contribution in [0.5, 0.6) is 0 Å². The third-order valence-electron chi connectivity index (χ3n) is 2.83. The number of carbonyl (C=O) groups is 2. The van der Waals surface area contributed by atoms with Crippen molar-refractivity contribution >= 4 is 17.6 Å². The van der Waals surface area contributed by atoms with Crippen LogP contribution >= 0.6 is 0 Å². The molecule has 7 heteroatoms. The monoisotopic (exact) mass is 300 g/mol. The Hall–Kier alpha value is -2.18. The van der Waals surface area contributed by atoms with Crippen LogP contribution in [0.25, 0.3) is 0 Å². The van der Waals surface area contributed by atoms with E-state index >= 15 is 0 Å². The first-order valence-corrected chi connectivity index (χ1v) is 6.39. The summed E-state index contributed by atoms with van der Waals surface area (Å²) in [6.07, 6.45) is 0.330. The van der Waals surface area contributed by atoms with Gasteiger partial charge in [0.15, 0.2) is 0 Å². The summed E-state index contributed by atoms with van der Waals surface area (Å²) in [5, 5.41) is 2.37. The molecule has 0 bridgehead atoms. The molecule has 116 valence electrons. The third-order valence-corrected chi connectivity index (χ3v) is 2.83. The molecule has 0 aromatic heterocycles. The van der Waals surface area contributed by atoms with Gasteiger partial charge in [0.25, 0.3) is 5.91 Å². The van der Waals surface area contributed by atoms with Crippen LogP contribution < -0.4 is 11.1 Å². The fourth-order valence-corrected chi connectivity index (χ4v) is 1.80. The predicted octanol–water partition coefficient (Wildman–Crippen LogP) is 1.86. The SMILES string of the molecule is COC(=O)C(CC(C)C)NC(=O)c1cc(N)c(F)cc1F. The minimum atomic E-state index is -1.05. The molecule has 0 aliphatic carbocycles. The number of carbonyl (C=O) groups excluding carboxylic acids is 2. The standard InChI is InChI=1S/C14H18F2N2O3/c1-7(2)4-12(14(20)21-3)18-13(19)8-5-11(17)10(16)6-9(8)15/h5-7,12H,4,17H2,1-3H3,(H,18,19). The Balaban J connectivity index is 2.96. The summed E-state index contributed by atoms with van der Waals surface area (Å²) in [7, 11) is 1.19. The van der Waals surface area contributed by atoms with E-state index in [9.17, 15) is 18.4 Å². The van der Waals surface area contributed by atoms with E-state index in [4.69, 9.17) is 5.73 Å². The average molecular weight is 300 g/mol. The van der Waals surface area contributed by atoms with Gasteiger partial charge in [0.2, 0.25) is 0 Å². The smallest absolute Gasteiger partial charge is 0.328 e. The second-order valence-corrected chi connectivity index (χ2v) is 5.03. The van der Waals surface area contributed by atoms with E-state index in [2.05, 4.69) is 10.1 Å². The van der Waals surface area contributed by atoms with E-state index < -0.39 is 35.1 Å². The molecule has 5 nitrogen and oxygen atoms in total. The number of methoxy groups -OCH3 is 1. The fourth-order valence-electron chi connectivity index (χ4n) is 1.80. The first kappa shape index (κ1) is 16.9. The molecular formula is C14H18F2N2O3. The number of hydrogen-bond donors (Lipinski definition) is 2. The number of ether oxygens (including phenoxy) is 1. The van der Waals surface area contributed by atoms with Gasteiger partial charge in [-0.1, -0.05) is 13.8 Å². The Labute approximate surface area is 121 Å². The number of nitrogens with two attached hydrogens (primary N) is 1. The van der Waals surface area contributed by atoms with Gasteiger partial charge in [-0.3, -0.25) is 4.79 Å². The van der Waals surface area contributed by atoms with Crippen molar-refractivity contribution in [3.8, 4) is 0 Å². The number of halogens is 2. The molecule has 0 saturated heterocycles. The number of esters is 1. The maximum absolute atomic E-state index is 13.6. The van der Waals surface area contributed by atoms with Gasteiger partial charge in [0.1, 0.15) is 17.7 Å². The Morgan fingerprint density at radius 1 is 1.29 bits per heavy atom. The van der Waals surface area contributed by atoms with Gasteiger partial charge in [-0.25, -0.2) is 13.6 Å². The molecule has 0 aliphatic rings. The highest BCUT2D eigenvalue weighted by atomic mass is 19.1. The molecule has 1 aromatic carbocycles. The maximum atomic E-state index is 13.6. The zero-order chi connectivity index (χ0) is 16.2. The van der Waals surface area contributed by atoms with Crippen LogP contribution in [-0.4, -0.2) is 25.0 Å². The first-order valence-electron chi connectivity index (χ1n) is 6.39. The first-order chi connectivity index (χ1) is 9.76. The zero-order valence-electron chi connectivity index (χ0n) is 12.1. The van der Waals surface area contributed by atoms with Crippen molar-refractivity contribution in [2.75, 3.05) is 12.8 Å². The van der Waals surface area contributed by atoms with Gasteiger partial charge in [-0.15, -0.1) is 0 Å². The summed E-state index contributed by atoms with van der Waals surface area (Å²) >= 11 is 0. The Morgan fingerprint density at radius 2 is 1.90 bits per heavy atom. The van der Waals surface area contributed by atoms with Crippen molar-refractivity contribution in [2.45, 2.75) is 26.3 Å². The minimum absolute atomic E-state index is 0.109. The Morgan fingerprint density at radius 3 is 2.43 bits per heavy atom. The molecule has 0 spiro atoms. The quantitative estimate of drug-likeness (QED) is 0.642. The fraction of sp³-hybridized carbons (Fsp3) is 0.429. The second-order valence-electron chi connectivity index (χ2n) is 5.03. The number of benzene rings is 1. The highest BCUT2D eigenvalue weighted by Gasteiger charge is 2.25. The lowest BCUT2D eigenvalue weighted by Crippen LogP contribution is -2.42. The zero-order valence-corrected chi connectivity index (χ0v) is 12.1. The Kier molecular flexibility index (Phi) is 5.63. The highest BCUT2D eigenvalue weighted by Crippen LogP contribution is 2.17. The third kappa shape index (κ3) is 4.40. The molecule has 0 heterocycles. The Bertz CT molecular complexity index is 547. The van der Waals surface area contributed by atoms with E-state index in [0.717, 1.165) is 6.07 Å². The van der Waals surface area contributed by atoms with Crippen molar-refractivity contribution in [2.24, 2.45) is 5.92 Å². The summed E-state index contributed by atoms with van der Waals surface area (Å²) in [6.45, 7) is 3.72. The average Bonchev–Trinajstić information content (AvgIpc) is 2.40. The lowest BCUT2D eigenvalue weighted by atomic mass is 10.0. The normalized spacial score (nSPS) is 12.1. The molecule has 1 aromatic rings. The van der Waals surface area contributed by atoms with E-state index in [1.54, 1.807) is 0 Å². The number of nitrogens with one attached hydrogen (secondary N) is 1. The van der Waals surface area contributed by atoms with Crippen LogP contribution in [0.15, 0.2) is 12.1 Å². The number of amides is 1. The van der Waals surface area contributed by atoms with Gasteiger partial charge >= 0.3 is 5.97 Å². The molecule has 0 radical (unpaired) electrons. The summed E-state index contributed by atoms with van der Waals surface area (Å²) in [5.41, 5.74) is 4.54. The van der Waals surface area contributed by atoms with Crippen molar-refractivity contribution in [1.82, 2.24) is 5.32 Å². The molecule has 1 amide bonds. The summed E-state index contributed by atoms with van der Waals surface area (Å²) < 4.78 is 31.3. The maximum Gasteiger partial charge on any atom is 0.328 e. The largest absolute Gasteiger partial charge is 0.467 e. The lowest BCUT2D eigenvalue weighted by Gasteiger charge is -2.18. The highest BCUT2D eigenvalue weighted by molar-refractivity contribution is 5.97. The molecule has 3 N–H and O–H groups in total. The van der Waals surface area contributed by atoms with Gasteiger partial charge in [-0.2, -0.15) is 0 Å². The predicted molar refractivity (Wildman–Crippen MR) is 73.5 cm³/mol. The number of hydrogen-bond acceptors (Lipinski definition) is 4. The number of anilines is 1. The van der Waals surface area contributed by atoms with E-state index in [1.807, 2.05) is 13.8 Å².